The van der Waals surface area contributed by atoms with Crippen molar-refractivity contribution in [3.8, 4) is 5.75 Å². The summed E-state index contributed by atoms with van der Waals surface area (Å²) in [6.07, 6.45) is 0. The number of phenols is 1. The molecule has 2 N–H and O–H groups in total. The van der Waals surface area contributed by atoms with E-state index in [-0.39, 0.29) is 11.3 Å². The summed E-state index contributed by atoms with van der Waals surface area (Å²) >= 11 is 0. The normalized spacial score (nSPS) is 11.0. The Kier molecular flexibility index (Phi) is 4.03. The number of rotatable bonds is 3. The molecule has 0 saturated heterocycles. The Morgan fingerprint density at radius 2 is 1.71 bits per heavy atom. The van der Waals surface area contributed by atoms with Gasteiger partial charge in [0, 0.05) is 0 Å². The van der Waals surface area contributed by atoms with Gasteiger partial charge in [-0.25, -0.2) is 4.79 Å². The molecule has 21 heavy (non-hydrogen) atoms. The molecule has 2 aromatic carbocycles. The van der Waals surface area contributed by atoms with Gasteiger partial charge in [0.05, 0.1) is 11.4 Å². The number of aryl methyl sites for hydroxylation is 3. The molecular weight excluding hydrogens is 268 g/mol. The molecule has 0 atom stereocenters. The van der Waals surface area contributed by atoms with Gasteiger partial charge < -0.3 is 10.2 Å². The predicted octanol–water partition coefficient (Wildman–Crippen LogP) is 4.43. The number of azo groups is 1. The van der Waals surface area contributed by atoms with E-state index < -0.39 is 5.97 Å². The number of benzene rings is 2. The molecule has 2 rings (SSSR count). The van der Waals surface area contributed by atoms with Crippen LogP contribution in [-0.2, 0) is 0 Å². The standard InChI is InChI=1S/C16H16N2O3/c1-9-4-5-10(2)14(6-9)18-17-12-7-11(3)15(19)13(8-12)16(20)21/h4-8,19H,1-3H3,(H,20,21). The Morgan fingerprint density at radius 3 is 2.38 bits per heavy atom. The third-order valence-electron chi connectivity index (χ3n) is 3.15. The fourth-order valence-electron chi connectivity index (χ4n) is 1.92. The van der Waals surface area contributed by atoms with Gasteiger partial charge in [-0.3, -0.25) is 0 Å². The molecule has 5 heteroatoms. The van der Waals surface area contributed by atoms with Crippen molar-refractivity contribution < 1.29 is 15.0 Å². The molecule has 0 aromatic heterocycles. The molecule has 0 amide bonds. The summed E-state index contributed by atoms with van der Waals surface area (Å²) in [5, 5.41) is 27.0. The van der Waals surface area contributed by atoms with Gasteiger partial charge in [-0.05, 0) is 55.7 Å². The van der Waals surface area contributed by atoms with Crippen LogP contribution in [0.25, 0.3) is 0 Å². The van der Waals surface area contributed by atoms with Gasteiger partial charge in [-0.15, -0.1) is 0 Å². The smallest absolute Gasteiger partial charge is 0.339 e. The summed E-state index contributed by atoms with van der Waals surface area (Å²) < 4.78 is 0. The lowest BCUT2D eigenvalue weighted by atomic mass is 10.1. The van der Waals surface area contributed by atoms with E-state index in [1.165, 1.54) is 6.07 Å². The Hall–Kier alpha value is -2.69. The van der Waals surface area contributed by atoms with Crippen LogP contribution < -0.4 is 0 Å². The molecule has 0 fully saturated rings. The maximum atomic E-state index is 11.1. The number of carboxylic acids is 1. The van der Waals surface area contributed by atoms with Crippen LogP contribution in [0.5, 0.6) is 5.75 Å². The molecule has 0 aliphatic carbocycles. The molecule has 0 radical (unpaired) electrons. The van der Waals surface area contributed by atoms with E-state index in [0.29, 0.717) is 11.3 Å². The van der Waals surface area contributed by atoms with Crippen LogP contribution in [0.15, 0.2) is 40.6 Å². The number of aromatic carboxylic acids is 1. The highest BCUT2D eigenvalue weighted by Crippen LogP contribution is 2.29. The Labute approximate surface area is 122 Å². The van der Waals surface area contributed by atoms with E-state index in [1.54, 1.807) is 13.0 Å². The largest absolute Gasteiger partial charge is 0.507 e. The van der Waals surface area contributed by atoms with E-state index >= 15 is 0 Å². The van der Waals surface area contributed by atoms with E-state index in [1.807, 2.05) is 32.0 Å². The summed E-state index contributed by atoms with van der Waals surface area (Å²) in [7, 11) is 0. The zero-order chi connectivity index (χ0) is 15.6. The molecular formula is C16H16N2O3. The SMILES string of the molecule is Cc1ccc(C)c(N=Nc2cc(C)c(O)c(C(=O)O)c2)c1. The average molecular weight is 284 g/mol. The molecule has 0 aliphatic heterocycles. The zero-order valence-electron chi connectivity index (χ0n) is 12.1. The quantitative estimate of drug-likeness (QED) is 0.818. The molecule has 0 heterocycles. The van der Waals surface area contributed by atoms with Crippen LogP contribution in [0, 0.1) is 20.8 Å². The Balaban J connectivity index is 2.42. The van der Waals surface area contributed by atoms with Crippen LogP contribution in [0.3, 0.4) is 0 Å². The molecule has 5 nitrogen and oxygen atoms in total. The third-order valence-corrected chi connectivity index (χ3v) is 3.15. The van der Waals surface area contributed by atoms with Crippen LogP contribution in [0.2, 0.25) is 0 Å². The Bertz CT molecular complexity index is 737. The maximum absolute atomic E-state index is 11.1. The lowest BCUT2D eigenvalue weighted by molar-refractivity contribution is 0.0693. The van der Waals surface area contributed by atoms with Crippen molar-refractivity contribution >= 4 is 17.3 Å². The second-order valence-electron chi connectivity index (χ2n) is 4.95. The van der Waals surface area contributed by atoms with Gasteiger partial charge in [0.15, 0.2) is 0 Å². The average Bonchev–Trinajstić information content (AvgIpc) is 2.43. The molecule has 0 aliphatic rings. The lowest BCUT2D eigenvalue weighted by Gasteiger charge is -2.05. The topological polar surface area (TPSA) is 82.2 Å². The number of carboxylic acid groups (broad SMARTS) is 1. The van der Waals surface area contributed by atoms with Gasteiger partial charge in [0.25, 0.3) is 0 Å². The molecule has 2 aromatic rings. The molecule has 0 saturated carbocycles. The molecule has 108 valence electrons. The monoisotopic (exact) mass is 284 g/mol. The second-order valence-corrected chi connectivity index (χ2v) is 4.95. The van der Waals surface area contributed by atoms with Gasteiger partial charge in [-0.2, -0.15) is 10.2 Å². The van der Waals surface area contributed by atoms with Gasteiger partial charge in [0.2, 0.25) is 0 Å². The van der Waals surface area contributed by atoms with E-state index in [4.69, 9.17) is 5.11 Å². The summed E-state index contributed by atoms with van der Waals surface area (Å²) in [4.78, 5) is 11.1. The predicted molar refractivity (Wildman–Crippen MR) is 79.9 cm³/mol. The number of carbonyl (C=O) groups is 1. The first-order valence-corrected chi connectivity index (χ1v) is 6.44. The van der Waals surface area contributed by atoms with Crippen molar-refractivity contribution in [2.45, 2.75) is 20.8 Å². The molecule has 0 unspecified atom stereocenters. The number of hydrogen-bond donors (Lipinski definition) is 2. The fourth-order valence-corrected chi connectivity index (χ4v) is 1.92. The second kappa shape index (κ2) is 5.75. The summed E-state index contributed by atoms with van der Waals surface area (Å²) in [5.41, 5.74) is 3.46. The summed E-state index contributed by atoms with van der Waals surface area (Å²) in [6.45, 7) is 5.52. The van der Waals surface area contributed by atoms with Gasteiger partial charge in [-0.1, -0.05) is 12.1 Å². The van der Waals surface area contributed by atoms with Crippen molar-refractivity contribution in [3.63, 3.8) is 0 Å². The van der Waals surface area contributed by atoms with Crippen molar-refractivity contribution in [2.75, 3.05) is 0 Å². The fraction of sp³-hybridized carbons (Fsp3) is 0.188. The highest BCUT2D eigenvalue weighted by atomic mass is 16.4. The third kappa shape index (κ3) is 3.25. The van der Waals surface area contributed by atoms with E-state index in [2.05, 4.69) is 10.2 Å². The first-order chi connectivity index (χ1) is 9.88. The van der Waals surface area contributed by atoms with Crippen LogP contribution in [0.4, 0.5) is 11.4 Å². The first-order valence-electron chi connectivity index (χ1n) is 6.44. The van der Waals surface area contributed by atoms with Crippen molar-refractivity contribution in [1.82, 2.24) is 0 Å². The van der Waals surface area contributed by atoms with Crippen LogP contribution in [0.1, 0.15) is 27.0 Å². The lowest BCUT2D eigenvalue weighted by Crippen LogP contribution is -1.97. The van der Waals surface area contributed by atoms with Crippen molar-refractivity contribution in [1.29, 1.82) is 0 Å². The van der Waals surface area contributed by atoms with E-state index in [9.17, 15) is 9.90 Å². The highest BCUT2D eigenvalue weighted by Gasteiger charge is 2.13. The van der Waals surface area contributed by atoms with Crippen molar-refractivity contribution in [3.05, 3.63) is 52.6 Å². The number of aromatic hydroxyl groups is 1. The Morgan fingerprint density at radius 1 is 1.00 bits per heavy atom. The molecule has 0 bridgehead atoms. The van der Waals surface area contributed by atoms with Crippen LogP contribution in [-0.4, -0.2) is 16.2 Å². The minimum Gasteiger partial charge on any atom is -0.507 e. The number of hydrogen-bond acceptors (Lipinski definition) is 4. The van der Waals surface area contributed by atoms with Gasteiger partial charge >= 0.3 is 5.97 Å². The minimum atomic E-state index is -1.20. The maximum Gasteiger partial charge on any atom is 0.339 e. The molecule has 0 spiro atoms. The van der Waals surface area contributed by atoms with Gasteiger partial charge in [0.1, 0.15) is 11.3 Å². The summed E-state index contributed by atoms with van der Waals surface area (Å²) in [5.74, 6) is -1.44. The van der Waals surface area contributed by atoms with Crippen LogP contribution >= 0.6 is 0 Å². The highest BCUT2D eigenvalue weighted by molar-refractivity contribution is 5.92. The zero-order valence-corrected chi connectivity index (χ0v) is 12.1. The summed E-state index contributed by atoms with van der Waals surface area (Å²) in [6, 6.07) is 8.75. The number of nitrogens with zero attached hydrogens (tertiary/aromatic N) is 2. The minimum absolute atomic E-state index is 0.176. The van der Waals surface area contributed by atoms with Crippen molar-refractivity contribution in [2.24, 2.45) is 10.2 Å². The first kappa shape index (κ1) is 14.7. The van der Waals surface area contributed by atoms with E-state index in [0.717, 1.165) is 16.8 Å².